The Bertz CT molecular complexity index is 1390. The van der Waals surface area contributed by atoms with Crippen molar-refractivity contribution in [1.82, 2.24) is 9.80 Å². The molecule has 0 spiro atoms. The summed E-state index contributed by atoms with van der Waals surface area (Å²) in [5, 5.41) is 0.977. The fourth-order valence-corrected chi connectivity index (χ4v) is 4.91. The number of methoxy groups -OCH3 is 4. The van der Waals surface area contributed by atoms with Gasteiger partial charge in [0.2, 0.25) is 11.7 Å². The molecule has 3 aromatic carbocycles. The molecule has 0 atom stereocenters. The van der Waals surface area contributed by atoms with Gasteiger partial charge in [0, 0.05) is 53.4 Å². The van der Waals surface area contributed by atoms with Crippen molar-refractivity contribution in [3.05, 3.63) is 87.4 Å². The molecule has 1 saturated heterocycles. The SMILES string of the molecule is COc1ccc(/C(=C/C(=O)N2CCN(C(=O)c3cc(OC)c(OC)c(OC)c3)CC2)c2cc(Cl)ccc2Cl)cc1. The zero-order valence-corrected chi connectivity index (χ0v) is 24.2. The number of hydrogen-bond acceptors (Lipinski definition) is 6. The van der Waals surface area contributed by atoms with Gasteiger partial charge in [-0.25, -0.2) is 0 Å². The highest BCUT2D eigenvalue weighted by Crippen LogP contribution is 2.38. The van der Waals surface area contributed by atoms with Crippen molar-refractivity contribution < 1.29 is 28.5 Å². The van der Waals surface area contributed by atoms with E-state index in [1.165, 1.54) is 21.3 Å². The lowest BCUT2D eigenvalue weighted by Gasteiger charge is -2.34. The summed E-state index contributed by atoms with van der Waals surface area (Å²) in [7, 11) is 6.10. The van der Waals surface area contributed by atoms with E-state index in [1.54, 1.807) is 53.3 Å². The van der Waals surface area contributed by atoms with Crippen LogP contribution in [0.1, 0.15) is 21.5 Å². The van der Waals surface area contributed by atoms with Crippen LogP contribution in [0.25, 0.3) is 5.57 Å². The largest absolute Gasteiger partial charge is 0.497 e. The van der Waals surface area contributed by atoms with Gasteiger partial charge in [0.25, 0.3) is 5.91 Å². The third kappa shape index (κ3) is 6.29. The van der Waals surface area contributed by atoms with Crippen LogP contribution in [-0.4, -0.2) is 76.2 Å². The van der Waals surface area contributed by atoms with E-state index in [9.17, 15) is 9.59 Å². The molecular formula is C30H30Cl2N2O6. The van der Waals surface area contributed by atoms with Gasteiger partial charge in [-0.1, -0.05) is 35.3 Å². The van der Waals surface area contributed by atoms with Crippen LogP contribution in [0, 0.1) is 0 Å². The van der Waals surface area contributed by atoms with E-state index >= 15 is 0 Å². The normalized spacial score (nSPS) is 13.6. The molecule has 1 heterocycles. The Kier molecular flexibility index (Phi) is 9.45. The van der Waals surface area contributed by atoms with E-state index in [0.29, 0.717) is 75.9 Å². The van der Waals surface area contributed by atoms with Crippen molar-refractivity contribution in [2.24, 2.45) is 0 Å². The minimum absolute atomic E-state index is 0.188. The molecule has 0 aliphatic carbocycles. The predicted molar refractivity (Wildman–Crippen MR) is 155 cm³/mol. The molecule has 0 aromatic heterocycles. The van der Waals surface area contributed by atoms with Gasteiger partial charge in [-0.2, -0.15) is 0 Å². The first kappa shape index (κ1) is 29.1. The lowest BCUT2D eigenvalue weighted by molar-refractivity contribution is -0.127. The zero-order chi connectivity index (χ0) is 28.8. The Balaban J connectivity index is 1.54. The Labute approximate surface area is 243 Å². The maximum atomic E-state index is 13.5. The second-order valence-electron chi connectivity index (χ2n) is 8.94. The lowest BCUT2D eigenvalue weighted by Crippen LogP contribution is -2.50. The van der Waals surface area contributed by atoms with Crippen molar-refractivity contribution in [2.45, 2.75) is 0 Å². The van der Waals surface area contributed by atoms with Crippen LogP contribution in [0.3, 0.4) is 0 Å². The first-order valence-electron chi connectivity index (χ1n) is 12.5. The summed E-state index contributed by atoms with van der Waals surface area (Å²) in [5.41, 5.74) is 2.47. The van der Waals surface area contributed by atoms with Crippen molar-refractivity contribution in [2.75, 3.05) is 54.6 Å². The number of nitrogens with zero attached hydrogens (tertiary/aromatic N) is 2. The van der Waals surface area contributed by atoms with Gasteiger partial charge in [0.1, 0.15) is 5.75 Å². The fourth-order valence-electron chi connectivity index (χ4n) is 4.52. The van der Waals surface area contributed by atoms with Crippen LogP contribution in [0.2, 0.25) is 10.0 Å². The van der Waals surface area contributed by atoms with E-state index in [0.717, 1.165) is 5.56 Å². The summed E-state index contributed by atoms with van der Waals surface area (Å²) in [5.74, 6) is 1.52. The minimum atomic E-state index is -0.193. The number of rotatable bonds is 8. The van der Waals surface area contributed by atoms with Crippen molar-refractivity contribution in [1.29, 1.82) is 0 Å². The molecule has 1 aliphatic rings. The van der Waals surface area contributed by atoms with Gasteiger partial charge in [0.05, 0.1) is 28.4 Å². The molecule has 0 saturated carbocycles. The number of carbonyl (C=O) groups excluding carboxylic acids is 2. The molecule has 40 heavy (non-hydrogen) atoms. The summed E-state index contributed by atoms with van der Waals surface area (Å²) in [6, 6.07) is 15.8. The van der Waals surface area contributed by atoms with Crippen molar-refractivity contribution in [3.63, 3.8) is 0 Å². The van der Waals surface area contributed by atoms with Crippen LogP contribution in [0.4, 0.5) is 0 Å². The number of ether oxygens (including phenoxy) is 4. The quantitative estimate of drug-likeness (QED) is 0.328. The van der Waals surface area contributed by atoms with Crippen LogP contribution >= 0.6 is 23.2 Å². The summed E-state index contributed by atoms with van der Waals surface area (Å²) in [4.78, 5) is 30.2. The Morgan fingerprint density at radius 1 is 0.725 bits per heavy atom. The first-order valence-corrected chi connectivity index (χ1v) is 13.2. The monoisotopic (exact) mass is 584 g/mol. The number of carbonyl (C=O) groups is 2. The average Bonchev–Trinajstić information content (AvgIpc) is 3.00. The molecule has 0 unspecified atom stereocenters. The third-order valence-corrected chi connectivity index (χ3v) is 7.24. The second kappa shape index (κ2) is 13.0. The highest BCUT2D eigenvalue weighted by molar-refractivity contribution is 6.34. The molecule has 0 N–H and O–H groups in total. The Morgan fingerprint density at radius 3 is 1.88 bits per heavy atom. The second-order valence-corrected chi connectivity index (χ2v) is 9.79. The zero-order valence-electron chi connectivity index (χ0n) is 22.7. The molecule has 0 radical (unpaired) electrons. The van der Waals surface area contributed by atoms with Crippen LogP contribution in [-0.2, 0) is 4.79 Å². The van der Waals surface area contributed by atoms with Crippen LogP contribution < -0.4 is 18.9 Å². The Hall–Kier alpha value is -3.88. The van der Waals surface area contributed by atoms with Gasteiger partial charge in [-0.05, 0) is 53.6 Å². The number of benzene rings is 3. The third-order valence-electron chi connectivity index (χ3n) is 6.68. The van der Waals surface area contributed by atoms with Gasteiger partial charge in [0.15, 0.2) is 11.5 Å². The molecular weight excluding hydrogens is 555 g/mol. The number of amides is 2. The van der Waals surface area contributed by atoms with E-state index in [2.05, 4.69) is 0 Å². The summed E-state index contributed by atoms with van der Waals surface area (Å²) < 4.78 is 21.4. The number of piperazine rings is 1. The van der Waals surface area contributed by atoms with E-state index < -0.39 is 0 Å². The summed E-state index contributed by atoms with van der Waals surface area (Å²) in [6.45, 7) is 1.46. The number of hydrogen-bond donors (Lipinski definition) is 0. The van der Waals surface area contributed by atoms with Gasteiger partial charge < -0.3 is 28.7 Å². The highest BCUT2D eigenvalue weighted by atomic mass is 35.5. The number of halogens is 2. The molecule has 1 aliphatic heterocycles. The van der Waals surface area contributed by atoms with Crippen molar-refractivity contribution >= 4 is 40.6 Å². The molecule has 8 nitrogen and oxygen atoms in total. The molecule has 1 fully saturated rings. The maximum Gasteiger partial charge on any atom is 0.254 e. The average molecular weight is 585 g/mol. The molecule has 10 heteroatoms. The van der Waals surface area contributed by atoms with Crippen LogP contribution in [0.5, 0.6) is 23.0 Å². The van der Waals surface area contributed by atoms with Crippen molar-refractivity contribution in [3.8, 4) is 23.0 Å². The molecule has 4 rings (SSSR count). The maximum absolute atomic E-state index is 13.5. The van der Waals surface area contributed by atoms with Gasteiger partial charge in [-0.15, -0.1) is 0 Å². The molecule has 0 bridgehead atoms. The molecule has 2 amide bonds. The molecule has 210 valence electrons. The fraction of sp³-hybridized carbons (Fsp3) is 0.267. The van der Waals surface area contributed by atoms with E-state index in [1.807, 2.05) is 24.3 Å². The van der Waals surface area contributed by atoms with Gasteiger partial charge >= 0.3 is 0 Å². The lowest BCUT2D eigenvalue weighted by atomic mass is 9.97. The Morgan fingerprint density at radius 2 is 1.32 bits per heavy atom. The minimum Gasteiger partial charge on any atom is -0.497 e. The summed E-state index contributed by atoms with van der Waals surface area (Å²) >= 11 is 12.8. The molecule has 3 aromatic rings. The smallest absolute Gasteiger partial charge is 0.254 e. The predicted octanol–water partition coefficient (Wildman–Crippen LogP) is 5.44. The highest BCUT2D eigenvalue weighted by Gasteiger charge is 2.27. The summed E-state index contributed by atoms with van der Waals surface area (Å²) in [6.07, 6.45) is 1.57. The van der Waals surface area contributed by atoms with E-state index in [-0.39, 0.29) is 11.8 Å². The van der Waals surface area contributed by atoms with E-state index in [4.69, 9.17) is 42.1 Å². The van der Waals surface area contributed by atoms with Crippen LogP contribution in [0.15, 0.2) is 60.7 Å². The van der Waals surface area contributed by atoms with Gasteiger partial charge in [-0.3, -0.25) is 9.59 Å². The topological polar surface area (TPSA) is 77.5 Å². The first-order chi connectivity index (χ1) is 19.3. The standard InChI is InChI=1S/C30H30Cl2N2O6/c1-37-22-8-5-19(6-9-22)23(24-17-21(31)7-10-25(24)32)18-28(35)33-11-13-34(14-12-33)30(36)20-15-26(38-2)29(40-4)27(16-20)39-3/h5-10,15-18H,11-14H2,1-4H3/b23-18-.